The molecule has 0 radical (unpaired) electrons. The van der Waals surface area contributed by atoms with E-state index in [2.05, 4.69) is 15.3 Å². The third kappa shape index (κ3) is 5.40. The molecule has 35 heavy (non-hydrogen) atoms. The Morgan fingerprint density at radius 3 is 2.29 bits per heavy atom. The summed E-state index contributed by atoms with van der Waals surface area (Å²) in [6, 6.07) is 14.8. The molecule has 1 aromatic heterocycles. The molecular formula is C24H25F2N5O3S. The summed E-state index contributed by atoms with van der Waals surface area (Å²) < 4.78 is 50.3. The number of halogens is 2. The highest BCUT2D eigenvalue weighted by Gasteiger charge is 2.33. The highest BCUT2D eigenvalue weighted by atomic mass is 32.2. The SMILES string of the molecule is Cc1ccc(Nc2cc(C)nc(N3CCN(C(=O)c4ccccc4S(=O)(=O)C(F)F)CC3)n2)cc1. The fourth-order valence-corrected chi connectivity index (χ4v) is 4.73. The average Bonchev–Trinajstić information content (AvgIpc) is 2.84. The molecule has 1 aliphatic rings. The first kappa shape index (κ1) is 24.5. The van der Waals surface area contributed by atoms with Crippen LogP contribution >= 0.6 is 0 Å². The van der Waals surface area contributed by atoms with Gasteiger partial charge < -0.3 is 15.1 Å². The second-order valence-corrected chi connectivity index (χ2v) is 10.2. The van der Waals surface area contributed by atoms with Gasteiger partial charge in [0.25, 0.3) is 5.91 Å². The van der Waals surface area contributed by atoms with Gasteiger partial charge in [-0.15, -0.1) is 0 Å². The zero-order chi connectivity index (χ0) is 25.2. The molecule has 2 heterocycles. The molecule has 2 aromatic carbocycles. The Balaban J connectivity index is 1.47. The number of nitrogens with one attached hydrogen (secondary N) is 1. The summed E-state index contributed by atoms with van der Waals surface area (Å²) in [5, 5.41) is 3.27. The predicted molar refractivity (Wildman–Crippen MR) is 129 cm³/mol. The van der Waals surface area contributed by atoms with Crippen molar-refractivity contribution in [1.29, 1.82) is 0 Å². The maximum absolute atomic E-state index is 13.1. The second kappa shape index (κ2) is 9.95. The van der Waals surface area contributed by atoms with Gasteiger partial charge in [-0.05, 0) is 38.1 Å². The van der Waals surface area contributed by atoms with Gasteiger partial charge in [-0.1, -0.05) is 29.8 Å². The number of hydrogen-bond donors (Lipinski definition) is 1. The van der Waals surface area contributed by atoms with Gasteiger partial charge in [0.1, 0.15) is 5.82 Å². The fraction of sp³-hybridized carbons (Fsp3) is 0.292. The molecule has 1 aliphatic heterocycles. The molecule has 4 rings (SSSR count). The van der Waals surface area contributed by atoms with E-state index in [9.17, 15) is 22.0 Å². The lowest BCUT2D eigenvalue weighted by Crippen LogP contribution is -2.49. The van der Waals surface area contributed by atoms with Crippen LogP contribution < -0.4 is 10.2 Å². The van der Waals surface area contributed by atoms with Crippen molar-refractivity contribution in [2.45, 2.75) is 24.5 Å². The third-order valence-corrected chi connectivity index (χ3v) is 7.11. The first-order valence-electron chi connectivity index (χ1n) is 11.0. The largest absolute Gasteiger partial charge is 0.341 e. The van der Waals surface area contributed by atoms with Gasteiger partial charge >= 0.3 is 5.76 Å². The molecule has 1 amide bonds. The zero-order valence-corrected chi connectivity index (χ0v) is 20.1. The molecule has 0 atom stereocenters. The van der Waals surface area contributed by atoms with Crippen LogP contribution in [0.1, 0.15) is 21.6 Å². The van der Waals surface area contributed by atoms with Gasteiger partial charge in [-0.3, -0.25) is 4.79 Å². The van der Waals surface area contributed by atoms with Crippen LogP contribution in [0.4, 0.5) is 26.2 Å². The molecule has 0 aliphatic carbocycles. The number of rotatable bonds is 6. The number of aryl methyl sites for hydroxylation is 2. The number of anilines is 3. The van der Waals surface area contributed by atoms with Gasteiger partial charge in [0.2, 0.25) is 15.8 Å². The van der Waals surface area contributed by atoms with Gasteiger partial charge in [0, 0.05) is 43.6 Å². The Kier molecular flexibility index (Phi) is 6.97. The monoisotopic (exact) mass is 501 g/mol. The quantitative estimate of drug-likeness (QED) is 0.549. The standard InChI is InChI=1S/C24H25F2N5O3S/c1-16-7-9-18(10-8-16)28-21-15-17(2)27-24(29-21)31-13-11-30(12-14-31)22(32)19-5-3-4-6-20(19)35(33,34)23(25)26/h3-10,15,23H,11-14H2,1-2H3,(H,27,28,29). The molecule has 1 N–H and O–H groups in total. The number of piperazine rings is 1. The maximum Gasteiger partial charge on any atom is 0.341 e. The molecule has 0 spiro atoms. The maximum atomic E-state index is 13.1. The van der Waals surface area contributed by atoms with Crippen LogP contribution in [0.15, 0.2) is 59.5 Å². The van der Waals surface area contributed by atoms with E-state index in [-0.39, 0.29) is 18.7 Å². The molecule has 8 nitrogen and oxygen atoms in total. The van der Waals surface area contributed by atoms with Crippen molar-refractivity contribution in [3.63, 3.8) is 0 Å². The number of carbonyl (C=O) groups excluding carboxylic acids is 1. The predicted octanol–water partition coefficient (Wildman–Crippen LogP) is 3.80. The van der Waals surface area contributed by atoms with Crippen molar-refractivity contribution in [1.82, 2.24) is 14.9 Å². The molecule has 0 unspecified atom stereocenters. The van der Waals surface area contributed by atoms with E-state index in [4.69, 9.17) is 0 Å². The third-order valence-electron chi connectivity index (χ3n) is 5.67. The Morgan fingerprint density at radius 2 is 1.63 bits per heavy atom. The van der Waals surface area contributed by atoms with Gasteiger partial charge in [0.15, 0.2) is 0 Å². The summed E-state index contributed by atoms with van der Waals surface area (Å²) in [6.07, 6.45) is 0. The van der Waals surface area contributed by atoms with E-state index in [1.54, 1.807) is 0 Å². The molecule has 184 valence electrons. The van der Waals surface area contributed by atoms with Crippen molar-refractivity contribution in [3.05, 3.63) is 71.4 Å². The number of aromatic nitrogens is 2. The molecule has 0 saturated carbocycles. The highest BCUT2D eigenvalue weighted by Crippen LogP contribution is 2.25. The van der Waals surface area contributed by atoms with E-state index in [1.165, 1.54) is 23.1 Å². The van der Waals surface area contributed by atoms with E-state index in [0.717, 1.165) is 23.0 Å². The van der Waals surface area contributed by atoms with Crippen molar-refractivity contribution in [2.75, 3.05) is 36.4 Å². The minimum absolute atomic E-state index is 0.252. The molecule has 11 heteroatoms. The normalized spacial score (nSPS) is 14.3. The first-order valence-corrected chi connectivity index (χ1v) is 12.5. The van der Waals surface area contributed by atoms with Gasteiger partial charge in [-0.25, -0.2) is 13.4 Å². The second-order valence-electron chi connectivity index (χ2n) is 8.27. The van der Waals surface area contributed by atoms with Gasteiger partial charge in [-0.2, -0.15) is 13.8 Å². The van der Waals surface area contributed by atoms with E-state index in [0.29, 0.717) is 24.9 Å². The van der Waals surface area contributed by atoms with Crippen LogP contribution in [0, 0.1) is 13.8 Å². The smallest absolute Gasteiger partial charge is 0.340 e. The first-order chi connectivity index (χ1) is 16.6. The lowest BCUT2D eigenvalue weighted by atomic mass is 10.2. The molecular weight excluding hydrogens is 476 g/mol. The Labute approximate surface area is 202 Å². The summed E-state index contributed by atoms with van der Waals surface area (Å²) in [5.74, 6) is -3.06. The van der Waals surface area contributed by atoms with Crippen molar-refractivity contribution in [3.8, 4) is 0 Å². The topological polar surface area (TPSA) is 95.5 Å². The van der Waals surface area contributed by atoms with Crippen LogP contribution in [0.2, 0.25) is 0 Å². The van der Waals surface area contributed by atoms with Crippen LogP contribution in [-0.2, 0) is 9.84 Å². The number of sulfone groups is 1. The summed E-state index contributed by atoms with van der Waals surface area (Å²) in [6.45, 7) is 5.22. The van der Waals surface area contributed by atoms with Crippen molar-refractivity contribution in [2.24, 2.45) is 0 Å². The number of carbonyl (C=O) groups is 1. The van der Waals surface area contributed by atoms with Crippen LogP contribution in [-0.4, -0.2) is 61.1 Å². The molecule has 1 saturated heterocycles. The number of nitrogens with zero attached hydrogens (tertiary/aromatic N) is 4. The van der Waals surface area contributed by atoms with E-state index >= 15 is 0 Å². The highest BCUT2D eigenvalue weighted by molar-refractivity contribution is 7.91. The average molecular weight is 502 g/mol. The van der Waals surface area contributed by atoms with E-state index < -0.39 is 26.4 Å². The summed E-state index contributed by atoms with van der Waals surface area (Å²) in [5.41, 5.74) is 2.57. The lowest BCUT2D eigenvalue weighted by molar-refractivity contribution is 0.0742. The number of amides is 1. The minimum atomic E-state index is -4.90. The van der Waals surface area contributed by atoms with Crippen LogP contribution in [0.5, 0.6) is 0 Å². The van der Waals surface area contributed by atoms with Crippen LogP contribution in [0.3, 0.4) is 0 Å². The summed E-state index contributed by atoms with van der Waals surface area (Å²) >= 11 is 0. The summed E-state index contributed by atoms with van der Waals surface area (Å²) in [7, 11) is -4.90. The molecule has 3 aromatic rings. The van der Waals surface area contributed by atoms with Crippen molar-refractivity contribution >= 4 is 33.2 Å². The van der Waals surface area contributed by atoms with Crippen LogP contribution in [0.25, 0.3) is 0 Å². The fourth-order valence-electron chi connectivity index (χ4n) is 3.81. The summed E-state index contributed by atoms with van der Waals surface area (Å²) in [4.78, 5) is 24.9. The zero-order valence-electron chi connectivity index (χ0n) is 19.3. The Hall–Kier alpha value is -3.60. The molecule has 1 fully saturated rings. The Morgan fingerprint density at radius 1 is 0.971 bits per heavy atom. The number of hydrogen-bond acceptors (Lipinski definition) is 7. The Bertz CT molecular complexity index is 1330. The number of benzene rings is 2. The minimum Gasteiger partial charge on any atom is -0.340 e. The number of alkyl halides is 2. The van der Waals surface area contributed by atoms with Crippen molar-refractivity contribution < 1.29 is 22.0 Å². The lowest BCUT2D eigenvalue weighted by Gasteiger charge is -2.35. The van der Waals surface area contributed by atoms with E-state index in [1.807, 2.05) is 49.1 Å². The van der Waals surface area contributed by atoms with Gasteiger partial charge in [0.05, 0.1) is 10.5 Å². The molecule has 0 bridgehead atoms.